The molecule has 0 aromatic heterocycles. The molecule has 170 valence electrons. The average Bonchev–Trinajstić information content (AvgIpc) is 2.97. The second-order valence-corrected chi connectivity index (χ2v) is 12.5. The van der Waals surface area contributed by atoms with E-state index in [-0.39, 0.29) is 17.4 Å². The van der Waals surface area contributed by atoms with Crippen LogP contribution in [-0.4, -0.2) is 17.7 Å². The quantitative estimate of drug-likeness (QED) is 0.585. The fraction of sp³-hybridized carbons (Fsp3) is 0.926. The number of nitrogens with one attached hydrogen (secondary N) is 1. The summed E-state index contributed by atoms with van der Waals surface area (Å²) >= 11 is 0. The summed E-state index contributed by atoms with van der Waals surface area (Å²) in [5.41, 5.74) is 0.506. The fourth-order valence-corrected chi connectivity index (χ4v) is 8.69. The van der Waals surface area contributed by atoms with Crippen LogP contribution in [0.4, 0.5) is 0 Å². The lowest BCUT2D eigenvalue weighted by molar-refractivity contribution is -0.127. The van der Waals surface area contributed by atoms with Crippen LogP contribution in [0.5, 0.6) is 0 Å². The molecule has 4 fully saturated rings. The molecular formula is C27H45NO2. The van der Waals surface area contributed by atoms with Gasteiger partial charge in [-0.05, 0) is 78.4 Å². The molecule has 3 aliphatic carbocycles. The third kappa shape index (κ3) is 3.77. The number of carbonyl (C=O) groups is 2. The van der Waals surface area contributed by atoms with Crippen molar-refractivity contribution in [1.29, 1.82) is 0 Å². The highest BCUT2D eigenvalue weighted by molar-refractivity contribution is 5.83. The summed E-state index contributed by atoms with van der Waals surface area (Å²) in [5, 5.41) is 3.31. The van der Waals surface area contributed by atoms with E-state index in [1.165, 1.54) is 44.9 Å². The van der Waals surface area contributed by atoms with Gasteiger partial charge in [0.1, 0.15) is 5.78 Å². The molecule has 4 aliphatic rings. The fourth-order valence-electron chi connectivity index (χ4n) is 8.69. The van der Waals surface area contributed by atoms with Crippen molar-refractivity contribution in [2.24, 2.45) is 46.3 Å². The standard InChI is InChI=1S/C27H45NO2/c1-17(2)7-6-8-18(3)21-9-10-22-20-16-25(30)28-24-15-19(29)11-13-27(24,5)23(20)12-14-26(21,22)4/h17-18,20-24H,6-16H2,1-5H3,(H,28,30). The maximum Gasteiger partial charge on any atom is 0.220 e. The Bertz CT molecular complexity index is 672. The molecule has 8 atom stereocenters. The van der Waals surface area contributed by atoms with Gasteiger partial charge >= 0.3 is 0 Å². The van der Waals surface area contributed by atoms with Crippen molar-refractivity contribution in [3.63, 3.8) is 0 Å². The number of ketones is 1. The van der Waals surface area contributed by atoms with Crippen LogP contribution in [0, 0.1) is 46.3 Å². The summed E-state index contributed by atoms with van der Waals surface area (Å²) < 4.78 is 0. The van der Waals surface area contributed by atoms with E-state index in [4.69, 9.17) is 0 Å². The Morgan fingerprint density at radius 1 is 0.933 bits per heavy atom. The number of Topliss-reactive ketones (excluding diaryl/α,β-unsaturated/α-hetero) is 1. The topological polar surface area (TPSA) is 46.2 Å². The third-order valence-electron chi connectivity index (χ3n) is 10.4. The van der Waals surface area contributed by atoms with Gasteiger partial charge in [-0.25, -0.2) is 0 Å². The molecule has 30 heavy (non-hydrogen) atoms. The Balaban J connectivity index is 1.54. The number of fused-ring (bicyclic) bond motifs is 5. The molecule has 1 N–H and O–H groups in total. The van der Waals surface area contributed by atoms with Crippen molar-refractivity contribution in [2.75, 3.05) is 0 Å². The minimum Gasteiger partial charge on any atom is -0.352 e. The van der Waals surface area contributed by atoms with Crippen LogP contribution in [0.15, 0.2) is 0 Å². The molecular weight excluding hydrogens is 370 g/mol. The lowest BCUT2D eigenvalue weighted by Gasteiger charge is -2.55. The first-order valence-corrected chi connectivity index (χ1v) is 13.0. The van der Waals surface area contributed by atoms with Crippen LogP contribution in [0.1, 0.15) is 105 Å². The van der Waals surface area contributed by atoms with Gasteiger partial charge in [-0.1, -0.05) is 53.9 Å². The van der Waals surface area contributed by atoms with E-state index >= 15 is 0 Å². The predicted molar refractivity (Wildman–Crippen MR) is 122 cm³/mol. The highest BCUT2D eigenvalue weighted by Crippen LogP contribution is 2.65. The summed E-state index contributed by atoms with van der Waals surface area (Å²) in [6, 6.07) is 0.0674. The van der Waals surface area contributed by atoms with Gasteiger partial charge in [0.2, 0.25) is 5.91 Å². The van der Waals surface area contributed by atoms with Crippen LogP contribution in [0.3, 0.4) is 0 Å². The second kappa shape index (κ2) is 8.24. The van der Waals surface area contributed by atoms with Gasteiger partial charge in [0, 0.05) is 25.3 Å². The van der Waals surface area contributed by atoms with Crippen LogP contribution in [0.25, 0.3) is 0 Å². The van der Waals surface area contributed by atoms with Crippen molar-refractivity contribution >= 4 is 11.7 Å². The Morgan fingerprint density at radius 2 is 1.67 bits per heavy atom. The van der Waals surface area contributed by atoms with Crippen molar-refractivity contribution in [2.45, 2.75) is 111 Å². The van der Waals surface area contributed by atoms with Crippen LogP contribution in [-0.2, 0) is 9.59 Å². The molecule has 1 heterocycles. The monoisotopic (exact) mass is 415 g/mol. The molecule has 4 rings (SSSR count). The molecule has 0 aromatic rings. The molecule has 1 amide bonds. The smallest absolute Gasteiger partial charge is 0.220 e. The van der Waals surface area contributed by atoms with Crippen molar-refractivity contribution in [1.82, 2.24) is 5.32 Å². The lowest BCUT2D eigenvalue weighted by Crippen LogP contribution is -2.54. The Labute approximate surface area is 184 Å². The molecule has 3 saturated carbocycles. The highest BCUT2D eigenvalue weighted by atomic mass is 16.2. The summed E-state index contributed by atoms with van der Waals surface area (Å²) in [6.45, 7) is 12.2. The van der Waals surface area contributed by atoms with E-state index in [9.17, 15) is 9.59 Å². The molecule has 8 unspecified atom stereocenters. The highest BCUT2D eigenvalue weighted by Gasteiger charge is 2.60. The number of rotatable bonds is 5. The largest absolute Gasteiger partial charge is 0.352 e. The first kappa shape index (κ1) is 22.3. The number of hydrogen-bond acceptors (Lipinski definition) is 2. The SMILES string of the molecule is CC(C)CCCC(C)C1CCC2C3CC(=O)NC4CC(=O)CCC4(C)C3CCC12C. The molecule has 0 spiro atoms. The summed E-state index contributed by atoms with van der Waals surface area (Å²) in [7, 11) is 0. The summed E-state index contributed by atoms with van der Waals surface area (Å²) in [6.07, 6.45) is 12.2. The normalized spacial score (nSPS) is 44.7. The molecule has 3 heteroatoms. The van der Waals surface area contributed by atoms with E-state index < -0.39 is 0 Å². The van der Waals surface area contributed by atoms with Crippen LogP contribution >= 0.6 is 0 Å². The first-order chi connectivity index (χ1) is 14.1. The van der Waals surface area contributed by atoms with E-state index in [0.717, 1.165) is 24.2 Å². The average molecular weight is 416 g/mol. The maximum absolute atomic E-state index is 12.9. The zero-order chi connectivity index (χ0) is 21.7. The van der Waals surface area contributed by atoms with Crippen molar-refractivity contribution in [3.05, 3.63) is 0 Å². The maximum atomic E-state index is 12.9. The van der Waals surface area contributed by atoms with Crippen molar-refractivity contribution in [3.8, 4) is 0 Å². The van der Waals surface area contributed by atoms with Gasteiger partial charge in [-0.2, -0.15) is 0 Å². The van der Waals surface area contributed by atoms with Crippen LogP contribution < -0.4 is 5.32 Å². The van der Waals surface area contributed by atoms with E-state index in [2.05, 4.69) is 39.9 Å². The zero-order valence-electron chi connectivity index (χ0n) is 20.1. The minimum atomic E-state index is 0.0674. The predicted octanol–water partition coefficient (Wildman–Crippen LogP) is 6.16. The molecule has 0 aromatic carbocycles. The van der Waals surface area contributed by atoms with E-state index in [0.29, 0.717) is 48.2 Å². The Hall–Kier alpha value is -0.860. The van der Waals surface area contributed by atoms with Gasteiger partial charge in [0.15, 0.2) is 0 Å². The van der Waals surface area contributed by atoms with E-state index in [1.54, 1.807) is 0 Å². The van der Waals surface area contributed by atoms with Crippen LogP contribution in [0.2, 0.25) is 0 Å². The molecule has 1 saturated heterocycles. The molecule has 0 bridgehead atoms. The second-order valence-electron chi connectivity index (χ2n) is 12.5. The zero-order valence-corrected chi connectivity index (χ0v) is 20.1. The third-order valence-corrected chi connectivity index (χ3v) is 10.4. The van der Waals surface area contributed by atoms with Crippen molar-refractivity contribution < 1.29 is 9.59 Å². The number of carbonyl (C=O) groups excluding carboxylic acids is 2. The molecule has 3 nitrogen and oxygen atoms in total. The Morgan fingerprint density at radius 3 is 2.40 bits per heavy atom. The van der Waals surface area contributed by atoms with Gasteiger partial charge in [0.25, 0.3) is 0 Å². The number of hydrogen-bond donors (Lipinski definition) is 1. The van der Waals surface area contributed by atoms with Gasteiger partial charge in [0.05, 0.1) is 0 Å². The summed E-state index contributed by atoms with van der Waals surface area (Å²) in [5.74, 6) is 4.78. The van der Waals surface area contributed by atoms with Gasteiger partial charge < -0.3 is 5.32 Å². The number of amides is 1. The minimum absolute atomic E-state index is 0.0674. The van der Waals surface area contributed by atoms with E-state index in [1.807, 2.05) is 0 Å². The first-order valence-electron chi connectivity index (χ1n) is 13.0. The summed E-state index contributed by atoms with van der Waals surface area (Å²) in [4.78, 5) is 25.1. The molecule has 0 radical (unpaired) electrons. The van der Waals surface area contributed by atoms with Gasteiger partial charge in [-0.3, -0.25) is 9.59 Å². The Kier molecular flexibility index (Phi) is 6.14. The lowest BCUT2D eigenvalue weighted by atomic mass is 9.49. The van der Waals surface area contributed by atoms with Gasteiger partial charge in [-0.15, -0.1) is 0 Å². The molecule has 1 aliphatic heterocycles.